The maximum Gasteiger partial charge on any atom is 0.348 e. The lowest BCUT2D eigenvalue weighted by Gasteiger charge is -2.18. The number of benzene rings is 2. The lowest BCUT2D eigenvalue weighted by molar-refractivity contribution is -0.147. The van der Waals surface area contributed by atoms with E-state index in [0.717, 1.165) is 42.4 Å². The lowest BCUT2D eigenvalue weighted by atomic mass is 9.98. The minimum absolute atomic E-state index is 0.176. The van der Waals surface area contributed by atoms with Crippen molar-refractivity contribution in [2.75, 3.05) is 0 Å². The Hall–Kier alpha value is -3.08. The van der Waals surface area contributed by atoms with E-state index in [-0.39, 0.29) is 6.42 Å². The molecule has 0 fully saturated rings. The third kappa shape index (κ3) is 9.87. The Labute approximate surface area is 234 Å². The molecule has 0 spiro atoms. The Balaban J connectivity index is 1.60. The predicted molar refractivity (Wildman–Crippen MR) is 159 cm³/mol. The smallest absolute Gasteiger partial charge is 0.348 e. The van der Waals surface area contributed by atoms with Gasteiger partial charge in [0, 0.05) is 18.0 Å². The maximum atomic E-state index is 14.9. The number of aryl methyl sites for hydroxylation is 1. The number of alkyl halides is 1. The summed E-state index contributed by atoms with van der Waals surface area (Å²) in [6.45, 7) is 5.66. The van der Waals surface area contributed by atoms with Crippen LogP contribution >= 0.6 is 0 Å². The van der Waals surface area contributed by atoms with Crippen LogP contribution in [0.3, 0.4) is 0 Å². The average Bonchev–Trinajstić information content (AvgIpc) is 2.95. The summed E-state index contributed by atoms with van der Waals surface area (Å²) in [4.78, 5) is 21.8. The van der Waals surface area contributed by atoms with Gasteiger partial charge in [-0.3, -0.25) is 0 Å². The first-order chi connectivity index (χ1) is 18.9. The van der Waals surface area contributed by atoms with Crippen LogP contribution in [0.1, 0.15) is 103 Å². The van der Waals surface area contributed by atoms with E-state index >= 15 is 0 Å². The van der Waals surface area contributed by atoms with Gasteiger partial charge in [-0.1, -0.05) is 108 Å². The summed E-state index contributed by atoms with van der Waals surface area (Å²) in [6, 6.07) is 15.2. The number of halogens is 1. The number of esters is 1. The summed E-state index contributed by atoms with van der Waals surface area (Å²) < 4.78 is 20.2. The third-order valence-corrected chi connectivity index (χ3v) is 7.24. The van der Waals surface area contributed by atoms with Gasteiger partial charge in [0.25, 0.3) is 0 Å². The van der Waals surface area contributed by atoms with E-state index in [4.69, 9.17) is 4.74 Å². The first-order valence-electron chi connectivity index (χ1n) is 14.9. The molecule has 3 aromatic rings. The molecule has 0 aliphatic rings. The quantitative estimate of drug-likeness (QED) is 0.0986. The molecular formula is C34H45FN2O2. The number of carbonyl (C=O) groups is 1. The SMILES string of the molecule is CCCCCCCCCc1cnc(-c2ccccc2-c2ccc(OC(=O)C(C)(F)CCCCCC)cc2)nc1. The molecule has 4 nitrogen and oxygen atoms in total. The fourth-order valence-electron chi connectivity index (χ4n) is 4.74. The normalized spacial score (nSPS) is 12.7. The topological polar surface area (TPSA) is 52.1 Å². The van der Waals surface area contributed by atoms with Crippen LogP contribution in [0.2, 0.25) is 0 Å². The molecule has 0 bridgehead atoms. The number of ether oxygens (including phenoxy) is 1. The van der Waals surface area contributed by atoms with Crippen molar-refractivity contribution < 1.29 is 13.9 Å². The van der Waals surface area contributed by atoms with E-state index in [1.807, 2.05) is 48.8 Å². The highest BCUT2D eigenvalue weighted by atomic mass is 19.1. The van der Waals surface area contributed by atoms with Crippen molar-refractivity contribution in [3.8, 4) is 28.3 Å². The van der Waals surface area contributed by atoms with E-state index in [0.29, 0.717) is 18.0 Å². The number of rotatable bonds is 17. The minimum atomic E-state index is -1.99. The molecule has 1 atom stereocenters. The monoisotopic (exact) mass is 532 g/mol. The number of aromatic nitrogens is 2. The Kier molecular flexibility index (Phi) is 12.6. The van der Waals surface area contributed by atoms with E-state index < -0.39 is 11.6 Å². The molecule has 0 N–H and O–H groups in total. The predicted octanol–water partition coefficient (Wildman–Crippen LogP) is 9.71. The summed E-state index contributed by atoms with van der Waals surface area (Å²) in [5.41, 5.74) is 2.05. The van der Waals surface area contributed by atoms with Crippen molar-refractivity contribution in [2.45, 2.75) is 110 Å². The second-order valence-electron chi connectivity index (χ2n) is 10.8. The molecule has 2 aromatic carbocycles. The number of unbranched alkanes of at least 4 members (excludes halogenated alkanes) is 9. The zero-order chi connectivity index (χ0) is 27.9. The molecule has 0 saturated heterocycles. The van der Waals surface area contributed by atoms with Crippen LogP contribution in [-0.4, -0.2) is 21.6 Å². The Morgan fingerprint density at radius 2 is 1.33 bits per heavy atom. The van der Waals surface area contributed by atoms with Crippen LogP contribution in [0.25, 0.3) is 22.5 Å². The van der Waals surface area contributed by atoms with Gasteiger partial charge < -0.3 is 4.74 Å². The van der Waals surface area contributed by atoms with Crippen molar-refractivity contribution in [3.63, 3.8) is 0 Å². The summed E-state index contributed by atoms with van der Waals surface area (Å²) in [7, 11) is 0. The molecular weight excluding hydrogens is 487 g/mol. The molecule has 1 heterocycles. The first-order valence-corrected chi connectivity index (χ1v) is 14.9. The molecule has 0 aliphatic carbocycles. The average molecular weight is 533 g/mol. The number of carbonyl (C=O) groups excluding carboxylic acids is 1. The van der Waals surface area contributed by atoms with Crippen LogP contribution in [-0.2, 0) is 11.2 Å². The van der Waals surface area contributed by atoms with E-state index in [1.165, 1.54) is 57.4 Å². The lowest BCUT2D eigenvalue weighted by Crippen LogP contribution is -2.34. The van der Waals surface area contributed by atoms with E-state index in [9.17, 15) is 9.18 Å². The summed E-state index contributed by atoms with van der Waals surface area (Å²) in [5, 5.41) is 0. The molecule has 0 radical (unpaired) electrons. The molecule has 39 heavy (non-hydrogen) atoms. The largest absolute Gasteiger partial charge is 0.424 e. The fraction of sp³-hybridized carbons (Fsp3) is 0.500. The second-order valence-corrected chi connectivity index (χ2v) is 10.8. The molecule has 0 aliphatic heterocycles. The van der Waals surface area contributed by atoms with E-state index in [2.05, 4.69) is 23.8 Å². The van der Waals surface area contributed by atoms with Gasteiger partial charge in [0.2, 0.25) is 5.67 Å². The van der Waals surface area contributed by atoms with E-state index in [1.54, 1.807) is 12.1 Å². The van der Waals surface area contributed by atoms with Crippen LogP contribution < -0.4 is 4.74 Å². The third-order valence-electron chi connectivity index (χ3n) is 7.24. The Morgan fingerprint density at radius 1 is 0.769 bits per heavy atom. The Bertz CT molecular complexity index is 1130. The molecule has 210 valence electrons. The van der Waals surface area contributed by atoms with Crippen LogP contribution in [0.15, 0.2) is 60.9 Å². The molecule has 1 unspecified atom stereocenters. The van der Waals surface area contributed by atoms with Crippen LogP contribution in [0, 0.1) is 0 Å². The second kappa shape index (κ2) is 16.1. The minimum Gasteiger partial charge on any atom is -0.424 e. The first kappa shape index (κ1) is 30.5. The van der Waals surface area contributed by atoms with Gasteiger partial charge in [0.05, 0.1) is 0 Å². The summed E-state index contributed by atoms with van der Waals surface area (Å²) >= 11 is 0. The molecule has 5 heteroatoms. The summed E-state index contributed by atoms with van der Waals surface area (Å²) in [6.07, 6.45) is 17.8. The number of hydrogen-bond acceptors (Lipinski definition) is 4. The summed E-state index contributed by atoms with van der Waals surface area (Å²) in [5.74, 6) is 0.183. The van der Waals surface area contributed by atoms with Gasteiger partial charge in [-0.05, 0) is 61.4 Å². The zero-order valence-electron chi connectivity index (χ0n) is 24.1. The van der Waals surface area contributed by atoms with Gasteiger partial charge in [0.1, 0.15) is 5.75 Å². The number of hydrogen-bond donors (Lipinski definition) is 0. The van der Waals surface area contributed by atoms with Crippen LogP contribution in [0.4, 0.5) is 4.39 Å². The molecule has 0 amide bonds. The Morgan fingerprint density at radius 3 is 1.97 bits per heavy atom. The number of nitrogens with zero attached hydrogens (tertiary/aromatic N) is 2. The van der Waals surface area contributed by atoms with Gasteiger partial charge in [-0.25, -0.2) is 19.2 Å². The van der Waals surface area contributed by atoms with Gasteiger partial charge in [-0.15, -0.1) is 0 Å². The van der Waals surface area contributed by atoms with Crippen molar-refractivity contribution in [2.24, 2.45) is 0 Å². The molecule has 1 aromatic heterocycles. The van der Waals surface area contributed by atoms with Crippen molar-refractivity contribution in [1.82, 2.24) is 9.97 Å². The van der Waals surface area contributed by atoms with Crippen LogP contribution in [0.5, 0.6) is 5.75 Å². The fourth-order valence-corrected chi connectivity index (χ4v) is 4.74. The van der Waals surface area contributed by atoms with Crippen molar-refractivity contribution in [3.05, 3.63) is 66.5 Å². The zero-order valence-corrected chi connectivity index (χ0v) is 24.1. The van der Waals surface area contributed by atoms with Gasteiger partial charge >= 0.3 is 5.97 Å². The highest BCUT2D eigenvalue weighted by Crippen LogP contribution is 2.32. The van der Waals surface area contributed by atoms with Gasteiger partial charge in [0.15, 0.2) is 5.82 Å². The highest BCUT2D eigenvalue weighted by molar-refractivity contribution is 5.82. The van der Waals surface area contributed by atoms with Crippen molar-refractivity contribution >= 4 is 5.97 Å². The highest BCUT2D eigenvalue weighted by Gasteiger charge is 2.34. The molecule has 3 rings (SSSR count). The van der Waals surface area contributed by atoms with Crippen molar-refractivity contribution in [1.29, 1.82) is 0 Å². The standard InChI is InChI=1S/C34H45FN2O2/c1-4-6-8-10-11-12-13-17-27-25-36-32(37-26-27)31-19-15-14-18-30(31)28-20-22-29(23-21-28)39-33(38)34(3,35)24-16-9-7-5-2/h14-15,18-23,25-26H,4-13,16-17,24H2,1-3H3. The van der Waals surface area contributed by atoms with Gasteiger partial charge in [-0.2, -0.15) is 0 Å². The maximum absolute atomic E-state index is 14.9. The molecule has 0 saturated carbocycles.